The van der Waals surface area contributed by atoms with Gasteiger partial charge in [0.25, 0.3) is 0 Å². The van der Waals surface area contributed by atoms with Crippen LogP contribution in [-0.2, 0) is 0 Å². The summed E-state index contributed by atoms with van der Waals surface area (Å²) in [7, 11) is 0. The lowest BCUT2D eigenvalue weighted by atomic mass is 9.88. The maximum Gasteiger partial charge on any atom is 0.322 e. The summed E-state index contributed by atoms with van der Waals surface area (Å²) < 4.78 is 7.11. The number of nitrogens with one attached hydrogen (secondary N) is 1. The average molecular weight is 379 g/mol. The lowest BCUT2D eigenvalue weighted by Gasteiger charge is -2.56. The Morgan fingerprint density at radius 1 is 1.18 bits per heavy atom. The second-order valence-corrected chi connectivity index (χ2v) is 7.07. The van der Waals surface area contributed by atoms with E-state index in [-0.39, 0.29) is 18.1 Å². The molecule has 1 aromatic carbocycles. The number of carbonyl (C=O) groups is 1. The van der Waals surface area contributed by atoms with E-state index in [0.29, 0.717) is 6.61 Å². The number of piperidine rings is 1. The van der Waals surface area contributed by atoms with Crippen molar-refractivity contribution in [1.82, 2.24) is 24.7 Å². The van der Waals surface area contributed by atoms with Crippen LogP contribution < -0.4 is 15.0 Å². The largest absolute Gasteiger partial charge is 0.494 e. The quantitative estimate of drug-likeness (QED) is 0.746. The molecule has 3 aromatic rings. The number of carbonyl (C=O) groups excluding carboxylic acids is 1. The number of aromatic nitrogens is 4. The lowest BCUT2D eigenvalue weighted by molar-refractivity contribution is 0.0436. The highest BCUT2D eigenvalue weighted by Crippen LogP contribution is 2.34. The number of hydrogen-bond acceptors (Lipinski definition) is 6. The van der Waals surface area contributed by atoms with Gasteiger partial charge in [0.2, 0.25) is 0 Å². The third-order valence-corrected chi connectivity index (χ3v) is 5.32. The van der Waals surface area contributed by atoms with Crippen molar-refractivity contribution >= 4 is 23.2 Å². The van der Waals surface area contributed by atoms with E-state index in [4.69, 9.17) is 4.74 Å². The SMILES string of the molecule is CCOc1ccc(NC(=O)N2C3CC2CN(c2ccc4nncn4n2)C3)cc1. The highest BCUT2D eigenvalue weighted by Gasteiger charge is 2.47. The van der Waals surface area contributed by atoms with Gasteiger partial charge in [-0.05, 0) is 49.7 Å². The van der Waals surface area contributed by atoms with E-state index in [2.05, 4.69) is 25.5 Å². The molecule has 0 aliphatic carbocycles. The van der Waals surface area contributed by atoms with Crippen molar-refractivity contribution in [1.29, 1.82) is 0 Å². The van der Waals surface area contributed by atoms with E-state index in [9.17, 15) is 4.79 Å². The molecule has 144 valence electrons. The molecule has 3 saturated heterocycles. The summed E-state index contributed by atoms with van der Waals surface area (Å²) in [5.74, 6) is 1.68. The van der Waals surface area contributed by atoms with Gasteiger partial charge >= 0.3 is 6.03 Å². The zero-order valence-electron chi connectivity index (χ0n) is 15.5. The number of rotatable bonds is 4. The van der Waals surface area contributed by atoms with Crippen molar-refractivity contribution < 1.29 is 9.53 Å². The van der Waals surface area contributed by atoms with Crippen LogP contribution in [0, 0.1) is 0 Å². The van der Waals surface area contributed by atoms with Crippen LogP contribution in [0.5, 0.6) is 5.75 Å². The van der Waals surface area contributed by atoms with Gasteiger partial charge in [-0.25, -0.2) is 4.79 Å². The Labute approximate surface area is 161 Å². The minimum Gasteiger partial charge on any atom is -0.494 e. The summed E-state index contributed by atoms with van der Waals surface area (Å²) in [6, 6.07) is 11.7. The van der Waals surface area contributed by atoms with Crippen LogP contribution in [-0.4, -0.2) is 62.5 Å². The summed E-state index contributed by atoms with van der Waals surface area (Å²) in [4.78, 5) is 16.9. The first kappa shape index (κ1) is 16.8. The Bertz CT molecular complexity index is 991. The minimum absolute atomic E-state index is 0.0488. The topological polar surface area (TPSA) is 87.9 Å². The van der Waals surface area contributed by atoms with Crippen LogP contribution in [0.1, 0.15) is 13.3 Å². The fraction of sp³-hybridized carbons (Fsp3) is 0.368. The summed E-state index contributed by atoms with van der Waals surface area (Å²) in [5.41, 5.74) is 1.50. The standard InChI is InChI=1S/C19H21N7O2/c1-2-28-16-5-3-13(4-6-16)21-19(27)26-14-9-15(26)11-24(10-14)18-8-7-17-22-20-12-25(17)23-18/h3-8,12,14-15H,2,9-11H2,1H3,(H,21,27). The molecule has 2 bridgehead atoms. The summed E-state index contributed by atoms with van der Waals surface area (Å²) >= 11 is 0. The molecule has 5 heterocycles. The molecule has 2 atom stereocenters. The predicted octanol–water partition coefficient (Wildman–Crippen LogP) is 2.02. The molecule has 6 rings (SSSR count). The van der Waals surface area contributed by atoms with E-state index < -0.39 is 0 Å². The maximum absolute atomic E-state index is 12.7. The molecule has 2 aromatic heterocycles. The van der Waals surface area contributed by atoms with Gasteiger partial charge in [0.1, 0.15) is 17.9 Å². The van der Waals surface area contributed by atoms with Gasteiger partial charge in [-0.1, -0.05) is 0 Å². The van der Waals surface area contributed by atoms with Crippen molar-refractivity contribution in [3.8, 4) is 5.75 Å². The van der Waals surface area contributed by atoms with E-state index >= 15 is 0 Å². The van der Waals surface area contributed by atoms with E-state index in [1.165, 1.54) is 0 Å². The average Bonchev–Trinajstić information content (AvgIpc) is 3.17. The van der Waals surface area contributed by atoms with Crippen molar-refractivity contribution in [2.75, 3.05) is 29.9 Å². The van der Waals surface area contributed by atoms with Crippen LogP contribution in [0.3, 0.4) is 0 Å². The Morgan fingerprint density at radius 3 is 2.71 bits per heavy atom. The maximum atomic E-state index is 12.7. The summed E-state index contributed by atoms with van der Waals surface area (Å²) in [5, 5.41) is 15.4. The van der Waals surface area contributed by atoms with Crippen molar-refractivity contribution in [3.63, 3.8) is 0 Å². The van der Waals surface area contributed by atoms with Crippen molar-refractivity contribution in [3.05, 3.63) is 42.7 Å². The molecule has 2 unspecified atom stereocenters. The summed E-state index contributed by atoms with van der Waals surface area (Å²) in [6.07, 6.45) is 2.63. The molecule has 1 N–H and O–H groups in total. The first-order valence-corrected chi connectivity index (χ1v) is 9.45. The van der Waals surface area contributed by atoms with Gasteiger partial charge in [0, 0.05) is 18.8 Å². The van der Waals surface area contributed by atoms with Gasteiger partial charge in [-0.2, -0.15) is 4.52 Å². The highest BCUT2D eigenvalue weighted by atomic mass is 16.5. The van der Waals surface area contributed by atoms with Gasteiger partial charge < -0.3 is 19.9 Å². The number of hydrogen-bond donors (Lipinski definition) is 1. The molecule has 0 saturated carbocycles. The van der Waals surface area contributed by atoms with E-state index in [1.54, 1.807) is 10.8 Å². The number of ether oxygens (including phenoxy) is 1. The predicted molar refractivity (Wildman–Crippen MR) is 104 cm³/mol. The molecule has 28 heavy (non-hydrogen) atoms. The number of nitrogens with zero attached hydrogens (tertiary/aromatic N) is 6. The number of fused-ring (bicyclic) bond motifs is 3. The fourth-order valence-electron chi connectivity index (χ4n) is 4.00. The molecule has 9 heteroatoms. The zero-order valence-corrected chi connectivity index (χ0v) is 15.5. The van der Waals surface area contributed by atoms with Crippen LogP contribution in [0.15, 0.2) is 42.7 Å². The van der Waals surface area contributed by atoms with Crippen LogP contribution in [0.25, 0.3) is 5.65 Å². The van der Waals surface area contributed by atoms with Gasteiger partial charge in [-0.3, -0.25) is 0 Å². The number of anilines is 2. The normalized spacial score (nSPS) is 20.8. The Hall–Kier alpha value is -3.36. The third-order valence-electron chi connectivity index (χ3n) is 5.32. The molecular weight excluding hydrogens is 358 g/mol. The smallest absolute Gasteiger partial charge is 0.322 e. The molecule has 3 aliphatic heterocycles. The van der Waals surface area contributed by atoms with Crippen LogP contribution in [0.2, 0.25) is 0 Å². The number of amides is 2. The molecule has 9 nitrogen and oxygen atoms in total. The number of benzene rings is 1. The van der Waals surface area contributed by atoms with Gasteiger partial charge in [0.05, 0.1) is 18.7 Å². The lowest BCUT2D eigenvalue weighted by Crippen LogP contribution is -2.71. The van der Waals surface area contributed by atoms with E-state index in [1.807, 2.05) is 48.2 Å². The second-order valence-electron chi connectivity index (χ2n) is 7.07. The molecule has 0 radical (unpaired) electrons. The second kappa shape index (κ2) is 6.66. The minimum atomic E-state index is -0.0488. The summed E-state index contributed by atoms with van der Waals surface area (Å²) in [6.45, 7) is 4.11. The van der Waals surface area contributed by atoms with Crippen LogP contribution >= 0.6 is 0 Å². The van der Waals surface area contributed by atoms with Gasteiger partial charge in [0.15, 0.2) is 5.65 Å². The van der Waals surface area contributed by atoms with Crippen molar-refractivity contribution in [2.45, 2.75) is 25.4 Å². The first-order valence-electron chi connectivity index (χ1n) is 9.45. The fourth-order valence-corrected chi connectivity index (χ4v) is 4.00. The molecule has 2 amide bonds. The first-order chi connectivity index (χ1) is 13.7. The molecule has 3 fully saturated rings. The zero-order chi connectivity index (χ0) is 19.1. The van der Waals surface area contributed by atoms with Crippen LogP contribution in [0.4, 0.5) is 16.3 Å². The highest BCUT2D eigenvalue weighted by molar-refractivity contribution is 5.90. The Morgan fingerprint density at radius 2 is 1.96 bits per heavy atom. The number of piperazine rings is 1. The third kappa shape index (κ3) is 2.88. The van der Waals surface area contributed by atoms with E-state index in [0.717, 1.165) is 42.4 Å². The Kier molecular flexibility index (Phi) is 4.00. The van der Waals surface area contributed by atoms with Crippen molar-refractivity contribution in [2.24, 2.45) is 0 Å². The molecule has 0 spiro atoms. The molecular formula is C19H21N7O2. The molecule has 3 aliphatic rings. The monoisotopic (exact) mass is 379 g/mol. The number of urea groups is 1. The van der Waals surface area contributed by atoms with Gasteiger partial charge in [-0.15, -0.1) is 15.3 Å². The Balaban J connectivity index is 1.23.